The van der Waals surface area contributed by atoms with Gasteiger partial charge in [0.15, 0.2) is 5.78 Å². The third kappa shape index (κ3) is 5.52. The Hall–Kier alpha value is -3.58. The van der Waals surface area contributed by atoms with Crippen LogP contribution in [0.2, 0.25) is 0 Å². The van der Waals surface area contributed by atoms with Gasteiger partial charge in [0.1, 0.15) is 17.2 Å². The number of aromatic nitrogens is 2. The quantitative estimate of drug-likeness (QED) is 0.241. The number of nitrogens with zero attached hydrogens (tertiary/aromatic N) is 2. The SMILES string of the molecule is CCOc1ccc(-c2nnc(SCC(=O)c3ccc(Oc4ccccc4)cc3)o2)cc1. The molecule has 1 aromatic heterocycles. The molecular weight excluding hydrogens is 412 g/mol. The van der Waals surface area contributed by atoms with Crippen molar-refractivity contribution in [1.82, 2.24) is 10.2 Å². The topological polar surface area (TPSA) is 74.5 Å². The van der Waals surface area contributed by atoms with Gasteiger partial charge in [0.05, 0.1) is 12.4 Å². The predicted molar refractivity (Wildman–Crippen MR) is 119 cm³/mol. The van der Waals surface area contributed by atoms with Crippen LogP contribution in [-0.2, 0) is 0 Å². The fourth-order valence-electron chi connectivity index (χ4n) is 2.79. The molecule has 4 aromatic rings. The van der Waals surface area contributed by atoms with E-state index in [1.54, 1.807) is 24.3 Å². The summed E-state index contributed by atoms with van der Waals surface area (Å²) in [5.74, 6) is 2.77. The Labute approximate surface area is 184 Å². The smallest absolute Gasteiger partial charge is 0.277 e. The van der Waals surface area contributed by atoms with E-state index in [1.165, 1.54) is 11.8 Å². The van der Waals surface area contributed by atoms with Gasteiger partial charge in [-0.3, -0.25) is 4.79 Å². The van der Waals surface area contributed by atoms with Crippen LogP contribution in [0.1, 0.15) is 17.3 Å². The van der Waals surface area contributed by atoms with Crippen molar-refractivity contribution in [3.63, 3.8) is 0 Å². The van der Waals surface area contributed by atoms with Gasteiger partial charge >= 0.3 is 0 Å². The van der Waals surface area contributed by atoms with E-state index in [1.807, 2.05) is 61.5 Å². The van der Waals surface area contributed by atoms with Crippen LogP contribution in [0.3, 0.4) is 0 Å². The van der Waals surface area contributed by atoms with Crippen molar-refractivity contribution in [2.24, 2.45) is 0 Å². The molecule has 7 heteroatoms. The van der Waals surface area contributed by atoms with Crippen LogP contribution in [0.15, 0.2) is 88.5 Å². The number of para-hydroxylation sites is 1. The summed E-state index contributed by atoms with van der Waals surface area (Å²) in [6.07, 6.45) is 0. The van der Waals surface area contributed by atoms with Gasteiger partial charge < -0.3 is 13.9 Å². The highest BCUT2D eigenvalue weighted by molar-refractivity contribution is 7.99. The van der Waals surface area contributed by atoms with Gasteiger partial charge in [-0.25, -0.2) is 0 Å². The first-order valence-electron chi connectivity index (χ1n) is 9.77. The number of Topliss-reactive ketones (excluding diaryl/α,β-unsaturated/α-hetero) is 1. The molecule has 4 rings (SSSR count). The van der Waals surface area contributed by atoms with Crippen LogP contribution in [0.5, 0.6) is 17.2 Å². The zero-order chi connectivity index (χ0) is 21.5. The molecule has 0 aliphatic heterocycles. The second-order valence-corrected chi connectivity index (χ2v) is 7.41. The number of benzene rings is 3. The summed E-state index contributed by atoms with van der Waals surface area (Å²) in [7, 11) is 0. The average Bonchev–Trinajstić information content (AvgIpc) is 3.28. The lowest BCUT2D eigenvalue weighted by Crippen LogP contribution is -2.02. The number of rotatable bonds is 9. The van der Waals surface area contributed by atoms with Crippen molar-refractivity contribution in [3.05, 3.63) is 84.4 Å². The molecule has 0 bridgehead atoms. The van der Waals surface area contributed by atoms with Crippen molar-refractivity contribution in [3.8, 4) is 28.7 Å². The molecule has 0 N–H and O–H groups in total. The molecule has 6 nitrogen and oxygen atoms in total. The molecule has 0 spiro atoms. The Bertz CT molecular complexity index is 1130. The Morgan fingerprint density at radius 2 is 1.55 bits per heavy atom. The molecule has 31 heavy (non-hydrogen) atoms. The fourth-order valence-corrected chi connectivity index (χ4v) is 3.45. The lowest BCUT2D eigenvalue weighted by Gasteiger charge is -2.06. The van der Waals surface area contributed by atoms with E-state index in [9.17, 15) is 4.79 Å². The van der Waals surface area contributed by atoms with E-state index in [-0.39, 0.29) is 11.5 Å². The zero-order valence-corrected chi connectivity index (χ0v) is 17.7. The monoisotopic (exact) mass is 432 g/mol. The van der Waals surface area contributed by atoms with Crippen molar-refractivity contribution in [1.29, 1.82) is 0 Å². The molecule has 0 aliphatic rings. The minimum atomic E-state index is -0.0305. The maximum absolute atomic E-state index is 12.5. The molecule has 0 fully saturated rings. The number of ether oxygens (including phenoxy) is 2. The van der Waals surface area contributed by atoms with Crippen LogP contribution in [0, 0.1) is 0 Å². The van der Waals surface area contributed by atoms with Gasteiger partial charge in [-0.2, -0.15) is 0 Å². The highest BCUT2D eigenvalue weighted by Gasteiger charge is 2.13. The largest absolute Gasteiger partial charge is 0.494 e. The first kappa shape index (κ1) is 20.7. The molecule has 0 radical (unpaired) electrons. The van der Waals surface area contributed by atoms with Crippen molar-refractivity contribution in [2.45, 2.75) is 12.1 Å². The lowest BCUT2D eigenvalue weighted by molar-refractivity contribution is 0.102. The number of hydrogen-bond donors (Lipinski definition) is 0. The van der Waals surface area contributed by atoms with E-state index < -0.39 is 0 Å². The molecule has 0 saturated heterocycles. The maximum Gasteiger partial charge on any atom is 0.277 e. The first-order chi connectivity index (χ1) is 15.2. The third-order valence-electron chi connectivity index (χ3n) is 4.30. The van der Waals surface area contributed by atoms with Gasteiger partial charge in [0.25, 0.3) is 5.22 Å². The summed E-state index contributed by atoms with van der Waals surface area (Å²) in [5, 5.41) is 8.43. The Balaban J connectivity index is 1.32. The maximum atomic E-state index is 12.5. The Kier molecular flexibility index (Phi) is 6.64. The molecule has 156 valence electrons. The molecule has 0 aliphatic carbocycles. The highest BCUT2D eigenvalue weighted by atomic mass is 32.2. The average molecular weight is 433 g/mol. The van der Waals surface area contributed by atoms with Gasteiger partial charge in [0.2, 0.25) is 5.89 Å². The minimum Gasteiger partial charge on any atom is -0.494 e. The highest BCUT2D eigenvalue weighted by Crippen LogP contribution is 2.26. The standard InChI is InChI=1S/C24H20N2O4S/c1-2-28-19-12-10-18(11-13-19)23-25-26-24(30-23)31-16-22(27)17-8-14-21(15-9-17)29-20-6-4-3-5-7-20/h3-15H,2,16H2,1H3. The summed E-state index contributed by atoms with van der Waals surface area (Å²) in [4.78, 5) is 12.5. The predicted octanol–water partition coefficient (Wildman–Crippen LogP) is 5.90. The summed E-state index contributed by atoms with van der Waals surface area (Å²) in [6.45, 7) is 2.54. The normalized spacial score (nSPS) is 10.6. The Morgan fingerprint density at radius 3 is 2.26 bits per heavy atom. The van der Waals surface area contributed by atoms with Crippen molar-refractivity contribution >= 4 is 17.5 Å². The van der Waals surface area contributed by atoms with Crippen LogP contribution in [-0.4, -0.2) is 28.3 Å². The zero-order valence-electron chi connectivity index (χ0n) is 16.9. The molecule has 0 amide bonds. The number of carbonyl (C=O) groups is 1. The second kappa shape index (κ2) is 9.95. The van der Waals surface area contributed by atoms with E-state index in [4.69, 9.17) is 13.9 Å². The van der Waals surface area contributed by atoms with Crippen LogP contribution in [0.25, 0.3) is 11.5 Å². The fraction of sp³-hybridized carbons (Fsp3) is 0.125. The van der Waals surface area contributed by atoms with Crippen LogP contribution < -0.4 is 9.47 Å². The van der Waals surface area contributed by atoms with Gasteiger partial charge in [-0.05, 0) is 67.6 Å². The lowest BCUT2D eigenvalue weighted by atomic mass is 10.1. The van der Waals surface area contributed by atoms with Crippen LogP contribution >= 0.6 is 11.8 Å². The summed E-state index contributed by atoms with van der Waals surface area (Å²) in [6, 6.07) is 24.0. The van der Waals surface area contributed by atoms with Crippen molar-refractivity contribution < 1.29 is 18.7 Å². The number of thioether (sulfide) groups is 1. The number of carbonyl (C=O) groups excluding carboxylic acids is 1. The van der Waals surface area contributed by atoms with E-state index in [2.05, 4.69) is 10.2 Å². The van der Waals surface area contributed by atoms with Gasteiger partial charge in [0, 0.05) is 11.1 Å². The van der Waals surface area contributed by atoms with E-state index in [0.29, 0.717) is 29.0 Å². The molecule has 0 unspecified atom stereocenters. The van der Waals surface area contributed by atoms with Gasteiger partial charge in [-0.1, -0.05) is 30.0 Å². The van der Waals surface area contributed by atoms with E-state index in [0.717, 1.165) is 17.1 Å². The minimum absolute atomic E-state index is 0.0305. The Morgan fingerprint density at radius 1 is 0.871 bits per heavy atom. The third-order valence-corrected chi connectivity index (χ3v) is 5.12. The van der Waals surface area contributed by atoms with Crippen LogP contribution in [0.4, 0.5) is 0 Å². The molecule has 0 saturated carbocycles. The molecular formula is C24H20N2O4S. The summed E-state index contributed by atoms with van der Waals surface area (Å²) < 4.78 is 16.8. The summed E-state index contributed by atoms with van der Waals surface area (Å²) >= 11 is 1.21. The van der Waals surface area contributed by atoms with E-state index >= 15 is 0 Å². The first-order valence-corrected chi connectivity index (χ1v) is 10.8. The number of hydrogen-bond acceptors (Lipinski definition) is 7. The second-order valence-electron chi connectivity index (χ2n) is 6.48. The summed E-state index contributed by atoms with van der Waals surface area (Å²) in [5.41, 5.74) is 1.39. The van der Waals surface area contributed by atoms with Gasteiger partial charge in [-0.15, -0.1) is 10.2 Å². The molecule has 3 aromatic carbocycles. The van der Waals surface area contributed by atoms with Crippen molar-refractivity contribution in [2.75, 3.05) is 12.4 Å². The molecule has 1 heterocycles. The molecule has 0 atom stereocenters. The number of ketones is 1.